The van der Waals surface area contributed by atoms with Crippen molar-refractivity contribution in [2.24, 2.45) is 5.92 Å². The van der Waals surface area contributed by atoms with Gasteiger partial charge in [-0.2, -0.15) is 0 Å². The van der Waals surface area contributed by atoms with Gasteiger partial charge < -0.3 is 15.4 Å². The van der Waals surface area contributed by atoms with Gasteiger partial charge in [-0.1, -0.05) is 79.4 Å². The predicted molar refractivity (Wildman–Crippen MR) is 115 cm³/mol. The molecule has 1 heterocycles. The van der Waals surface area contributed by atoms with Gasteiger partial charge in [-0.3, -0.25) is 4.79 Å². The number of carbonyl (C=O) groups is 2. The van der Waals surface area contributed by atoms with E-state index in [2.05, 4.69) is 17.2 Å². The molecular weight excluding hydrogens is 376 g/mol. The fraction of sp³-hybridized carbons (Fsp3) is 0.120. The Morgan fingerprint density at radius 3 is 2.37 bits per heavy atom. The molecule has 1 aliphatic heterocycles. The third-order valence-electron chi connectivity index (χ3n) is 5.08. The Kier molecular flexibility index (Phi) is 5.61. The van der Waals surface area contributed by atoms with Crippen LogP contribution in [0.5, 0.6) is 5.75 Å². The summed E-state index contributed by atoms with van der Waals surface area (Å²) in [6.07, 6.45) is 0. The molecule has 0 saturated carbocycles. The number of hydrogen-bond donors (Lipinski definition) is 2. The van der Waals surface area contributed by atoms with Crippen LogP contribution in [0, 0.1) is 5.92 Å². The zero-order chi connectivity index (χ0) is 20.9. The molecule has 1 aliphatic rings. The van der Waals surface area contributed by atoms with Crippen molar-refractivity contribution in [2.75, 3.05) is 0 Å². The Morgan fingerprint density at radius 1 is 0.933 bits per heavy atom. The second kappa shape index (κ2) is 8.66. The fourth-order valence-electron chi connectivity index (χ4n) is 3.59. The van der Waals surface area contributed by atoms with Gasteiger partial charge in [0.1, 0.15) is 12.4 Å². The standard InChI is InChI=1S/C25H22N2O3/c1-17-22(24(28)19-11-6-3-7-12-19)23(27-25(29)26-17)20-13-8-14-21(15-20)30-16-18-9-4-2-5-10-18/h2-15,22-23H,1,16H2,(H2,26,27,29)/t22-,23+/m0/s1. The van der Waals surface area contributed by atoms with E-state index in [9.17, 15) is 9.59 Å². The van der Waals surface area contributed by atoms with Crippen LogP contribution in [0.25, 0.3) is 0 Å². The van der Waals surface area contributed by atoms with E-state index in [0.717, 1.165) is 11.1 Å². The van der Waals surface area contributed by atoms with Crippen molar-refractivity contribution in [3.63, 3.8) is 0 Å². The molecule has 0 spiro atoms. The Morgan fingerprint density at radius 2 is 1.63 bits per heavy atom. The molecule has 3 aromatic carbocycles. The highest BCUT2D eigenvalue weighted by molar-refractivity contribution is 6.01. The number of nitrogens with one attached hydrogen (secondary N) is 2. The Labute approximate surface area is 175 Å². The lowest BCUT2D eigenvalue weighted by Crippen LogP contribution is -2.50. The highest BCUT2D eigenvalue weighted by atomic mass is 16.5. The van der Waals surface area contributed by atoms with E-state index in [4.69, 9.17) is 4.74 Å². The third-order valence-corrected chi connectivity index (χ3v) is 5.08. The van der Waals surface area contributed by atoms with Gasteiger partial charge in [-0.15, -0.1) is 0 Å². The SMILES string of the molecule is C=C1NC(=O)N[C@H](c2cccc(OCc3ccccc3)c2)[C@H]1C(=O)c1ccccc1. The van der Waals surface area contributed by atoms with Crippen molar-refractivity contribution < 1.29 is 14.3 Å². The Balaban J connectivity index is 1.60. The van der Waals surface area contributed by atoms with Gasteiger partial charge in [0.05, 0.1) is 12.0 Å². The van der Waals surface area contributed by atoms with Crippen molar-refractivity contribution in [2.45, 2.75) is 12.6 Å². The lowest BCUT2D eigenvalue weighted by Gasteiger charge is -2.34. The van der Waals surface area contributed by atoms with E-state index < -0.39 is 12.0 Å². The monoisotopic (exact) mass is 398 g/mol. The van der Waals surface area contributed by atoms with Gasteiger partial charge in [0, 0.05) is 11.3 Å². The third kappa shape index (κ3) is 4.25. The second-order valence-electron chi connectivity index (χ2n) is 7.16. The molecule has 0 bridgehead atoms. The molecule has 0 aromatic heterocycles. The average Bonchev–Trinajstić information content (AvgIpc) is 2.78. The Bertz CT molecular complexity index is 1060. The van der Waals surface area contributed by atoms with Crippen molar-refractivity contribution in [1.29, 1.82) is 0 Å². The van der Waals surface area contributed by atoms with E-state index in [-0.39, 0.29) is 11.8 Å². The largest absolute Gasteiger partial charge is 0.489 e. The highest BCUT2D eigenvalue weighted by Crippen LogP contribution is 2.33. The summed E-state index contributed by atoms with van der Waals surface area (Å²) in [4.78, 5) is 25.3. The van der Waals surface area contributed by atoms with Crippen LogP contribution < -0.4 is 15.4 Å². The maximum atomic E-state index is 13.2. The first-order chi connectivity index (χ1) is 14.6. The van der Waals surface area contributed by atoms with Gasteiger partial charge in [-0.25, -0.2) is 4.79 Å². The summed E-state index contributed by atoms with van der Waals surface area (Å²) in [5.41, 5.74) is 2.80. The zero-order valence-electron chi connectivity index (χ0n) is 16.4. The van der Waals surface area contributed by atoms with E-state index in [1.54, 1.807) is 12.1 Å². The topological polar surface area (TPSA) is 67.4 Å². The Hall–Kier alpha value is -3.86. The molecule has 4 rings (SSSR count). The van der Waals surface area contributed by atoms with Crippen molar-refractivity contribution in [1.82, 2.24) is 10.6 Å². The summed E-state index contributed by atoms with van der Waals surface area (Å²) < 4.78 is 5.92. The summed E-state index contributed by atoms with van der Waals surface area (Å²) in [5, 5.41) is 5.52. The number of rotatable bonds is 6. The first-order valence-corrected chi connectivity index (χ1v) is 9.74. The van der Waals surface area contributed by atoms with E-state index in [1.807, 2.05) is 72.8 Å². The number of Topliss-reactive ketones (excluding diaryl/α,β-unsaturated/α-hetero) is 1. The summed E-state index contributed by atoms with van der Waals surface area (Å²) in [6, 6.07) is 25.4. The molecule has 1 fully saturated rings. The first kappa shape index (κ1) is 19.5. The molecular formula is C25H22N2O3. The van der Waals surface area contributed by atoms with Crippen molar-refractivity contribution in [3.8, 4) is 5.75 Å². The second-order valence-corrected chi connectivity index (χ2v) is 7.16. The number of hydrogen-bond acceptors (Lipinski definition) is 3. The molecule has 1 saturated heterocycles. The van der Waals surface area contributed by atoms with E-state index in [0.29, 0.717) is 23.6 Å². The van der Waals surface area contributed by atoms with Crippen LogP contribution in [0.2, 0.25) is 0 Å². The van der Waals surface area contributed by atoms with Crippen LogP contribution in [-0.2, 0) is 6.61 Å². The summed E-state index contributed by atoms with van der Waals surface area (Å²) in [7, 11) is 0. The van der Waals surface area contributed by atoms with Crippen LogP contribution in [0.3, 0.4) is 0 Å². The number of carbonyl (C=O) groups excluding carboxylic acids is 2. The minimum Gasteiger partial charge on any atom is -0.489 e. The van der Waals surface area contributed by atoms with Crippen LogP contribution in [0.15, 0.2) is 97.2 Å². The minimum atomic E-state index is -0.630. The summed E-state index contributed by atoms with van der Waals surface area (Å²) in [6.45, 7) is 4.38. The van der Waals surface area contributed by atoms with Crippen LogP contribution in [0.1, 0.15) is 27.5 Å². The molecule has 0 aliphatic carbocycles. The smallest absolute Gasteiger partial charge is 0.319 e. The molecule has 0 unspecified atom stereocenters. The molecule has 3 aromatic rings. The van der Waals surface area contributed by atoms with Gasteiger partial charge in [0.15, 0.2) is 5.78 Å². The number of urea groups is 1. The lowest BCUT2D eigenvalue weighted by atomic mass is 9.83. The van der Waals surface area contributed by atoms with Crippen molar-refractivity contribution in [3.05, 3.63) is 114 Å². The summed E-state index contributed by atoms with van der Waals surface area (Å²) >= 11 is 0. The van der Waals surface area contributed by atoms with Gasteiger partial charge >= 0.3 is 6.03 Å². The molecule has 5 heteroatoms. The lowest BCUT2D eigenvalue weighted by molar-refractivity contribution is 0.0905. The van der Waals surface area contributed by atoms with Crippen LogP contribution in [0.4, 0.5) is 4.79 Å². The molecule has 2 amide bonds. The van der Waals surface area contributed by atoms with Gasteiger partial charge in [-0.05, 0) is 23.3 Å². The first-order valence-electron chi connectivity index (χ1n) is 9.74. The average molecular weight is 398 g/mol. The number of amides is 2. The maximum absolute atomic E-state index is 13.2. The predicted octanol–water partition coefficient (Wildman–Crippen LogP) is 4.63. The van der Waals surface area contributed by atoms with E-state index >= 15 is 0 Å². The highest BCUT2D eigenvalue weighted by Gasteiger charge is 2.38. The quantitative estimate of drug-likeness (QED) is 0.595. The maximum Gasteiger partial charge on any atom is 0.319 e. The number of ketones is 1. The number of benzene rings is 3. The van der Waals surface area contributed by atoms with Crippen molar-refractivity contribution >= 4 is 11.8 Å². The molecule has 2 N–H and O–H groups in total. The van der Waals surface area contributed by atoms with E-state index in [1.165, 1.54) is 0 Å². The van der Waals surface area contributed by atoms with Crippen LogP contribution >= 0.6 is 0 Å². The molecule has 30 heavy (non-hydrogen) atoms. The molecule has 0 radical (unpaired) electrons. The minimum absolute atomic E-state index is 0.103. The molecule has 150 valence electrons. The summed E-state index contributed by atoms with van der Waals surface area (Å²) in [5.74, 6) is -0.0659. The van der Waals surface area contributed by atoms with Crippen LogP contribution in [-0.4, -0.2) is 11.8 Å². The molecule has 5 nitrogen and oxygen atoms in total. The van der Waals surface area contributed by atoms with Gasteiger partial charge in [0.25, 0.3) is 0 Å². The van der Waals surface area contributed by atoms with Gasteiger partial charge in [0.2, 0.25) is 0 Å². The number of ether oxygens (including phenoxy) is 1. The molecule has 2 atom stereocenters. The normalized spacial score (nSPS) is 18.3. The fourth-order valence-corrected chi connectivity index (χ4v) is 3.59. The zero-order valence-corrected chi connectivity index (χ0v) is 16.4.